The number of nitrogens with zero attached hydrogens (tertiary/aromatic N) is 3. The highest BCUT2D eigenvalue weighted by Gasteiger charge is 2.32. The molecule has 2 unspecified atom stereocenters. The second kappa shape index (κ2) is 6.39. The van der Waals surface area contributed by atoms with Crippen LogP contribution < -0.4 is 0 Å². The standard InChI is InChI=1S/C18H15ClFN3/c1-12-16(8-3-13-9-10-21-17(19)11-13)22-23(2)18(12)14-4-6-15(20)7-5-14/h4-7,9-12,18H,1-2H3. The van der Waals surface area contributed by atoms with Crippen LogP contribution in [0.3, 0.4) is 0 Å². The smallest absolute Gasteiger partial charge is 0.130 e. The average molecular weight is 328 g/mol. The highest BCUT2D eigenvalue weighted by molar-refractivity contribution is 6.29. The van der Waals surface area contributed by atoms with E-state index in [4.69, 9.17) is 11.6 Å². The molecule has 0 fully saturated rings. The maximum atomic E-state index is 13.1. The van der Waals surface area contributed by atoms with Crippen molar-refractivity contribution in [3.05, 3.63) is 64.7 Å². The Morgan fingerprint density at radius 2 is 1.91 bits per heavy atom. The minimum Gasteiger partial charge on any atom is -0.291 e. The first-order valence-corrected chi connectivity index (χ1v) is 7.63. The number of hydrazone groups is 1. The van der Waals surface area contributed by atoms with Crippen LogP contribution in [-0.4, -0.2) is 22.8 Å². The number of hydrogen-bond donors (Lipinski definition) is 0. The lowest BCUT2D eigenvalue weighted by molar-refractivity contribution is 0.257. The van der Waals surface area contributed by atoms with Gasteiger partial charge in [-0.05, 0) is 35.7 Å². The van der Waals surface area contributed by atoms with Crippen LogP contribution in [0.5, 0.6) is 0 Å². The molecule has 5 heteroatoms. The Hall–Kier alpha value is -2.38. The molecule has 0 N–H and O–H groups in total. The zero-order valence-corrected chi connectivity index (χ0v) is 13.5. The third-order valence-corrected chi connectivity index (χ3v) is 4.05. The van der Waals surface area contributed by atoms with Gasteiger partial charge < -0.3 is 0 Å². The maximum Gasteiger partial charge on any atom is 0.130 e. The first-order chi connectivity index (χ1) is 11.0. The van der Waals surface area contributed by atoms with Crippen molar-refractivity contribution in [1.29, 1.82) is 0 Å². The van der Waals surface area contributed by atoms with Crippen molar-refractivity contribution in [3.63, 3.8) is 0 Å². The molecular weight excluding hydrogens is 313 g/mol. The molecule has 116 valence electrons. The second-order valence-electron chi connectivity index (χ2n) is 5.46. The predicted molar refractivity (Wildman–Crippen MR) is 89.6 cm³/mol. The Bertz CT molecular complexity index is 805. The largest absolute Gasteiger partial charge is 0.291 e. The molecule has 1 aromatic heterocycles. The van der Waals surface area contributed by atoms with Crippen LogP contribution in [-0.2, 0) is 0 Å². The van der Waals surface area contributed by atoms with Gasteiger partial charge in [-0.1, -0.05) is 36.6 Å². The van der Waals surface area contributed by atoms with Gasteiger partial charge in [0.25, 0.3) is 0 Å². The Labute approximate surface area is 139 Å². The molecular formula is C18H15ClFN3. The number of rotatable bonds is 1. The summed E-state index contributed by atoms with van der Waals surface area (Å²) in [5.41, 5.74) is 2.62. The summed E-state index contributed by atoms with van der Waals surface area (Å²) in [5, 5.41) is 6.81. The molecule has 3 nitrogen and oxygen atoms in total. The van der Waals surface area contributed by atoms with E-state index in [1.165, 1.54) is 12.1 Å². The fourth-order valence-corrected chi connectivity index (χ4v) is 2.89. The van der Waals surface area contributed by atoms with Crippen LogP contribution >= 0.6 is 11.6 Å². The van der Waals surface area contributed by atoms with Gasteiger partial charge in [0.15, 0.2) is 0 Å². The van der Waals surface area contributed by atoms with Crippen LogP contribution in [0.25, 0.3) is 0 Å². The molecule has 0 saturated heterocycles. The van der Waals surface area contributed by atoms with Crippen LogP contribution in [0.4, 0.5) is 4.39 Å². The lowest BCUT2D eigenvalue weighted by Crippen LogP contribution is -2.20. The van der Waals surface area contributed by atoms with E-state index in [2.05, 4.69) is 28.8 Å². The topological polar surface area (TPSA) is 28.5 Å². The molecule has 0 saturated carbocycles. The van der Waals surface area contributed by atoms with Gasteiger partial charge in [0.2, 0.25) is 0 Å². The number of benzene rings is 1. The number of pyridine rings is 1. The second-order valence-corrected chi connectivity index (χ2v) is 5.85. The van der Waals surface area contributed by atoms with Gasteiger partial charge >= 0.3 is 0 Å². The highest BCUT2D eigenvalue weighted by Crippen LogP contribution is 2.33. The van der Waals surface area contributed by atoms with E-state index < -0.39 is 0 Å². The first-order valence-electron chi connectivity index (χ1n) is 7.25. The lowest BCUT2D eigenvalue weighted by atomic mass is 9.92. The van der Waals surface area contributed by atoms with Gasteiger partial charge in [0.05, 0.1) is 6.04 Å². The van der Waals surface area contributed by atoms with E-state index in [9.17, 15) is 4.39 Å². The molecule has 0 spiro atoms. The molecule has 1 aromatic carbocycles. The summed E-state index contributed by atoms with van der Waals surface area (Å²) >= 11 is 5.86. The Morgan fingerprint density at radius 3 is 2.61 bits per heavy atom. The van der Waals surface area contributed by atoms with Gasteiger partial charge in [-0.25, -0.2) is 9.37 Å². The van der Waals surface area contributed by atoms with E-state index in [0.29, 0.717) is 5.15 Å². The Morgan fingerprint density at radius 1 is 1.17 bits per heavy atom. The molecule has 23 heavy (non-hydrogen) atoms. The summed E-state index contributed by atoms with van der Waals surface area (Å²) in [6.45, 7) is 2.07. The van der Waals surface area contributed by atoms with Crippen LogP contribution in [0.1, 0.15) is 24.1 Å². The summed E-state index contributed by atoms with van der Waals surface area (Å²) in [5.74, 6) is 6.06. The third-order valence-electron chi connectivity index (χ3n) is 3.85. The van der Waals surface area contributed by atoms with Crippen molar-refractivity contribution in [1.82, 2.24) is 9.99 Å². The Kier molecular flexibility index (Phi) is 4.31. The van der Waals surface area contributed by atoms with E-state index in [0.717, 1.165) is 16.8 Å². The lowest BCUT2D eigenvalue weighted by Gasteiger charge is -2.22. The molecule has 1 aliphatic rings. The molecule has 2 atom stereocenters. The van der Waals surface area contributed by atoms with E-state index >= 15 is 0 Å². The minimum absolute atomic E-state index is 0.0564. The van der Waals surface area contributed by atoms with Crippen molar-refractivity contribution in [2.75, 3.05) is 7.05 Å². The van der Waals surface area contributed by atoms with Crippen molar-refractivity contribution in [3.8, 4) is 11.8 Å². The molecule has 0 aliphatic carbocycles. The summed E-state index contributed by atoms with van der Waals surface area (Å²) < 4.78 is 13.1. The number of aromatic nitrogens is 1. The van der Waals surface area contributed by atoms with E-state index in [1.807, 2.05) is 12.1 Å². The SMILES string of the molecule is CC1C(C#Cc2ccnc(Cl)c2)=NN(C)C1c1ccc(F)cc1. The molecule has 3 rings (SSSR count). The minimum atomic E-state index is -0.238. The fraction of sp³-hybridized carbons (Fsp3) is 0.222. The van der Waals surface area contributed by atoms with Gasteiger partial charge in [-0.2, -0.15) is 5.10 Å². The zero-order chi connectivity index (χ0) is 16.4. The predicted octanol–water partition coefficient (Wildman–Crippen LogP) is 3.90. The van der Waals surface area contributed by atoms with Crippen molar-refractivity contribution in [2.45, 2.75) is 13.0 Å². The van der Waals surface area contributed by atoms with Gasteiger partial charge in [-0.15, -0.1) is 0 Å². The average Bonchev–Trinajstić information content (AvgIpc) is 2.81. The van der Waals surface area contributed by atoms with Gasteiger partial charge in [-0.3, -0.25) is 5.01 Å². The highest BCUT2D eigenvalue weighted by atomic mass is 35.5. The summed E-state index contributed by atoms with van der Waals surface area (Å²) in [6, 6.07) is 10.1. The molecule has 0 amide bonds. The molecule has 2 heterocycles. The van der Waals surface area contributed by atoms with Crippen molar-refractivity contribution < 1.29 is 4.39 Å². The fourth-order valence-electron chi connectivity index (χ4n) is 2.72. The Balaban J connectivity index is 1.83. The number of hydrogen-bond acceptors (Lipinski definition) is 3. The van der Waals surface area contributed by atoms with Crippen LogP contribution in [0.2, 0.25) is 5.15 Å². The van der Waals surface area contributed by atoms with Crippen molar-refractivity contribution in [2.24, 2.45) is 11.0 Å². The normalized spacial score (nSPS) is 20.0. The molecule has 1 aliphatic heterocycles. The van der Waals surface area contributed by atoms with E-state index in [1.54, 1.807) is 30.5 Å². The van der Waals surface area contributed by atoms with Gasteiger partial charge in [0.1, 0.15) is 16.7 Å². The number of halogens is 2. The van der Waals surface area contributed by atoms with E-state index in [-0.39, 0.29) is 17.8 Å². The van der Waals surface area contributed by atoms with Crippen molar-refractivity contribution >= 4 is 17.3 Å². The summed E-state index contributed by atoms with van der Waals surface area (Å²) in [4.78, 5) is 3.93. The quantitative estimate of drug-likeness (QED) is 0.587. The zero-order valence-electron chi connectivity index (χ0n) is 12.8. The maximum absolute atomic E-state index is 13.1. The summed E-state index contributed by atoms with van der Waals surface area (Å²) in [7, 11) is 1.91. The monoisotopic (exact) mass is 327 g/mol. The molecule has 0 bridgehead atoms. The molecule has 0 radical (unpaired) electrons. The molecule has 2 aromatic rings. The van der Waals surface area contributed by atoms with Crippen LogP contribution in [0.15, 0.2) is 47.7 Å². The third kappa shape index (κ3) is 3.35. The van der Waals surface area contributed by atoms with Gasteiger partial charge in [0, 0.05) is 24.7 Å². The first kappa shape index (κ1) is 15.5. The summed E-state index contributed by atoms with van der Waals surface area (Å²) in [6.07, 6.45) is 1.62. The van der Waals surface area contributed by atoms with Crippen LogP contribution in [0, 0.1) is 23.6 Å².